The van der Waals surface area contributed by atoms with Crippen molar-refractivity contribution in [3.63, 3.8) is 0 Å². The number of hydrogen-bond donors (Lipinski definition) is 0. The fraction of sp³-hybridized carbons (Fsp3) is 0.389. The Balaban J connectivity index is 1.69. The molecular weight excluding hydrogens is 306 g/mol. The van der Waals surface area contributed by atoms with E-state index in [0.717, 1.165) is 5.69 Å². The minimum atomic E-state index is -0.154. The molecule has 6 heteroatoms. The summed E-state index contributed by atoms with van der Waals surface area (Å²) in [7, 11) is 0. The van der Waals surface area contributed by atoms with E-state index in [1.807, 2.05) is 30.3 Å². The van der Waals surface area contributed by atoms with E-state index in [1.165, 1.54) is 0 Å². The molecule has 0 aliphatic carbocycles. The van der Waals surface area contributed by atoms with Gasteiger partial charge in [0.1, 0.15) is 5.69 Å². The van der Waals surface area contributed by atoms with Gasteiger partial charge in [-0.25, -0.2) is 4.98 Å². The lowest BCUT2D eigenvalue weighted by atomic mass is 9.97. The summed E-state index contributed by atoms with van der Waals surface area (Å²) >= 11 is 0. The molecule has 126 valence electrons. The van der Waals surface area contributed by atoms with Crippen LogP contribution < -0.4 is 0 Å². The van der Waals surface area contributed by atoms with E-state index in [9.17, 15) is 9.59 Å². The van der Waals surface area contributed by atoms with Gasteiger partial charge in [-0.3, -0.25) is 14.2 Å². The van der Waals surface area contributed by atoms with Crippen LogP contribution in [0.3, 0.4) is 0 Å². The molecule has 2 aromatic rings. The van der Waals surface area contributed by atoms with Crippen molar-refractivity contribution in [3.05, 3.63) is 48.5 Å². The van der Waals surface area contributed by atoms with Crippen molar-refractivity contribution in [1.29, 1.82) is 0 Å². The van der Waals surface area contributed by atoms with E-state index in [-0.39, 0.29) is 17.8 Å². The summed E-state index contributed by atoms with van der Waals surface area (Å²) < 4.78 is 6.86. The monoisotopic (exact) mass is 327 g/mol. The Kier molecular flexibility index (Phi) is 4.93. The van der Waals surface area contributed by atoms with Crippen LogP contribution in [0, 0.1) is 5.92 Å². The van der Waals surface area contributed by atoms with Gasteiger partial charge in [0.2, 0.25) is 0 Å². The highest BCUT2D eigenvalue weighted by Gasteiger charge is 2.29. The van der Waals surface area contributed by atoms with Gasteiger partial charge < -0.3 is 9.64 Å². The van der Waals surface area contributed by atoms with Crippen molar-refractivity contribution in [2.24, 2.45) is 5.92 Å². The van der Waals surface area contributed by atoms with Gasteiger partial charge in [0.25, 0.3) is 5.91 Å². The van der Waals surface area contributed by atoms with Gasteiger partial charge in [-0.1, -0.05) is 18.2 Å². The van der Waals surface area contributed by atoms with E-state index in [0.29, 0.717) is 38.2 Å². The Hall–Kier alpha value is -2.63. The average molecular weight is 327 g/mol. The summed E-state index contributed by atoms with van der Waals surface area (Å²) in [5.74, 6) is -0.314. The number of aromatic nitrogens is 2. The molecule has 24 heavy (non-hydrogen) atoms. The van der Waals surface area contributed by atoms with Crippen LogP contribution in [-0.2, 0) is 9.53 Å². The Morgan fingerprint density at radius 3 is 2.58 bits per heavy atom. The second kappa shape index (κ2) is 7.29. The SMILES string of the molecule is CCOC(=O)C1CCN(C(=O)c2cncn2-c2ccccc2)CC1. The van der Waals surface area contributed by atoms with Crippen molar-refractivity contribution in [2.75, 3.05) is 19.7 Å². The molecule has 1 aliphatic rings. The second-order valence-electron chi connectivity index (χ2n) is 5.80. The van der Waals surface area contributed by atoms with Gasteiger partial charge >= 0.3 is 5.97 Å². The first-order valence-electron chi connectivity index (χ1n) is 8.24. The van der Waals surface area contributed by atoms with E-state index >= 15 is 0 Å². The highest BCUT2D eigenvalue weighted by molar-refractivity contribution is 5.93. The number of likely N-dealkylation sites (tertiary alicyclic amines) is 1. The molecule has 0 spiro atoms. The zero-order valence-electron chi connectivity index (χ0n) is 13.7. The minimum Gasteiger partial charge on any atom is -0.466 e. The summed E-state index contributed by atoms with van der Waals surface area (Å²) in [5, 5.41) is 0. The van der Waals surface area contributed by atoms with Crippen LogP contribution in [0.4, 0.5) is 0 Å². The molecule has 0 bridgehead atoms. The second-order valence-corrected chi connectivity index (χ2v) is 5.80. The smallest absolute Gasteiger partial charge is 0.309 e. The number of esters is 1. The fourth-order valence-electron chi connectivity index (χ4n) is 2.99. The number of amides is 1. The van der Waals surface area contributed by atoms with Crippen molar-refractivity contribution in [1.82, 2.24) is 14.5 Å². The molecule has 2 heterocycles. The predicted octanol–water partition coefficient (Wildman–Crippen LogP) is 2.29. The maximum Gasteiger partial charge on any atom is 0.309 e. The topological polar surface area (TPSA) is 64.4 Å². The number of piperidine rings is 1. The molecular formula is C18H21N3O3. The number of rotatable bonds is 4. The number of para-hydroxylation sites is 1. The molecule has 0 saturated carbocycles. The normalized spacial score (nSPS) is 15.3. The van der Waals surface area contributed by atoms with E-state index in [2.05, 4.69) is 4.98 Å². The Labute approximate surface area is 141 Å². The van der Waals surface area contributed by atoms with Crippen LogP contribution in [0.15, 0.2) is 42.9 Å². The van der Waals surface area contributed by atoms with Crippen LogP contribution in [0.25, 0.3) is 5.69 Å². The van der Waals surface area contributed by atoms with Gasteiger partial charge in [-0.2, -0.15) is 0 Å². The largest absolute Gasteiger partial charge is 0.466 e. The van der Waals surface area contributed by atoms with Gasteiger partial charge in [-0.05, 0) is 31.9 Å². The highest BCUT2D eigenvalue weighted by Crippen LogP contribution is 2.21. The molecule has 1 fully saturated rings. The molecule has 3 rings (SSSR count). The van der Waals surface area contributed by atoms with Gasteiger partial charge in [0.05, 0.1) is 25.0 Å². The fourth-order valence-corrected chi connectivity index (χ4v) is 2.99. The number of hydrogen-bond acceptors (Lipinski definition) is 4. The lowest BCUT2D eigenvalue weighted by Crippen LogP contribution is -2.41. The van der Waals surface area contributed by atoms with Crippen LogP contribution in [0.2, 0.25) is 0 Å². The van der Waals surface area contributed by atoms with E-state index < -0.39 is 0 Å². The number of ether oxygens (including phenoxy) is 1. The summed E-state index contributed by atoms with van der Waals surface area (Å²) in [4.78, 5) is 30.5. The van der Waals surface area contributed by atoms with Crippen LogP contribution in [0.5, 0.6) is 0 Å². The average Bonchev–Trinajstić information content (AvgIpc) is 3.12. The number of carbonyl (C=O) groups is 2. The van der Waals surface area contributed by atoms with Crippen LogP contribution in [0.1, 0.15) is 30.3 Å². The minimum absolute atomic E-state index is 0.0568. The quantitative estimate of drug-likeness (QED) is 0.808. The van der Waals surface area contributed by atoms with Crippen molar-refractivity contribution >= 4 is 11.9 Å². The molecule has 1 aromatic carbocycles. The molecule has 6 nitrogen and oxygen atoms in total. The van der Waals surface area contributed by atoms with Crippen molar-refractivity contribution in [2.45, 2.75) is 19.8 Å². The van der Waals surface area contributed by atoms with Gasteiger partial charge in [0, 0.05) is 18.8 Å². The van der Waals surface area contributed by atoms with Crippen LogP contribution >= 0.6 is 0 Å². The van der Waals surface area contributed by atoms with Gasteiger partial charge in [0.15, 0.2) is 0 Å². The molecule has 0 radical (unpaired) electrons. The molecule has 0 unspecified atom stereocenters. The molecule has 1 amide bonds. The maximum absolute atomic E-state index is 12.8. The van der Waals surface area contributed by atoms with E-state index in [4.69, 9.17) is 4.74 Å². The predicted molar refractivity (Wildman–Crippen MR) is 88.8 cm³/mol. The highest BCUT2D eigenvalue weighted by atomic mass is 16.5. The Morgan fingerprint density at radius 2 is 1.92 bits per heavy atom. The third-order valence-corrected chi connectivity index (χ3v) is 4.29. The summed E-state index contributed by atoms with van der Waals surface area (Å²) in [6.07, 6.45) is 4.52. The van der Waals surface area contributed by atoms with Gasteiger partial charge in [-0.15, -0.1) is 0 Å². The first-order valence-corrected chi connectivity index (χ1v) is 8.24. The third-order valence-electron chi connectivity index (χ3n) is 4.29. The van der Waals surface area contributed by atoms with Crippen LogP contribution in [-0.4, -0.2) is 46.0 Å². The lowest BCUT2D eigenvalue weighted by molar-refractivity contribution is -0.149. The maximum atomic E-state index is 12.8. The Morgan fingerprint density at radius 1 is 1.21 bits per heavy atom. The molecule has 1 saturated heterocycles. The van der Waals surface area contributed by atoms with Crippen molar-refractivity contribution < 1.29 is 14.3 Å². The zero-order valence-corrected chi connectivity index (χ0v) is 13.7. The number of nitrogens with zero attached hydrogens (tertiary/aromatic N) is 3. The molecule has 0 atom stereocenters. The summed E-state index contributed by atoms with van der Waals surface area (Å²) in [5.41, 5.74) is 1.44. The molecule has 1 aliphatic heterocycles. The van der Waals surface area contributed by atoms with E-state index in [1.54, 1.807) is 28.9 Å². The summed E-state index contributed by atoms with van der Waals surface area (Å²) in [6, 6.07) is 9.65. The molecule has 0 N–H and O–H groups in total. The van der Waals surface area contributed by atoms with Crippen molar-refractivity contribution in [3.8, 4) is 5.69 Å². The zero-order chi connectivity index (χ0) is 16.9. The number of benzene rings is 1. The number of carbonyl (C=O) groups excluding carboxylic acids is 2. The first kappa shape index (κ1) is 16.2. The standard InChI is InChI=1S/C18H21N3O3/c1-2-24-18(23)14-8-10-20(11-9-14)17(22)16-12-19-13-21(16)15-6-4-3-5-7-15/h3-7,12-14H,2,8-11H2,1H3. The number of imidazole rings is 1. The Bertz CT molecular complexity index is 703. The summed E-state index contributed by atoms with van der Waals surface area (Å²) in [6.45, 7) is 3.32. The lowest BCUT2D eigenvalue weighted by Gasteiger charge is -2.31. The molecule has 1 aromatic heterocycles. The first-order chi connectivity index (χ1) is 11.7. The third kappa shape index (κ3) is 3.32.